The van der Waals surface area contributed by atoms with Crippen molar-refractivity contribution >= 4 is 27.5 Å². The molecule has 6 heteroatoms. The van der Waals surface area contributed by atoms with Crippen molar-refractivity contribution in [1.29, 1.82) is 0 Å². The first-order chi connectivity index (χ1) is 10.2. The molecule has 0 bridgehead atoms. The van der Waals surface area contributed by atoms with Crippen LogP contribution in [0, 0.1) is 5.82 Å². The molecule has 1 aromatic heterocycles. The van der Waals surface area contributed by atoms with Gasteiger partial charge in [-0.15, -0.1) is 5.10 Å². The summed E-state index contributed by atoms with van der Waals surface area (Å²) in [6.07, 6.45) is 2.85. The minimum absolute atomic E-state index is 0.191. The van der Waals surface area contributed by atoms with Gasteiger partial charge in [0.25, 0.3) is 0 Å². The lowest BCUT2D eigenvalue weighted by atomic mass is 10.0. The van der Waals surface area contributed by atoms with Gasteiger partial charge in [-0.25, -0.2) is 4.39 Å². The second-order valence-corrected chi connectivity index (χ2v) is 6.59. The zero-order chi connectivity index (χ0) is 15.2. The summed E-state index contributed by atoms with van der Waals surface area (Å²) in [6, 6.07) is 4.85. The van der Waals surface area contributed by atoms with Crippen molar-refractivity contribution in [3.05, 3.63) is 44.6 Å². The molecule has 0 aliphatic rings. The summed E-state index contributed by atoms with van der Waals surface area (Å²) < 4.78 is 19.2. The molecule has 0 radical (unpaired) electrons. The Bertz CT molecular complexity index is 588. The summed E-state index contributed by atoms with van der Waals surface area (Å²) in [5, 5.41) is 7.63. The van der Waals surface area contributed by atoms with Crippen LogP contribution in [0.1, 0.15) is 48.9 Å². The highest BCUT2D eigenvalue weighted by atomic mass is 79.9. The number of hydrogen-bond donors (Lipinski definition) is 1. The van der Waals surface area contributed by atoms with Gasteiger partial charge in [0.05, 0.1) is 16.6 Å². The smallest absolute Gasteiger partial charge is 0.128 e. The molecule has 1 atom stereocenters. The van der Waals surface area contributed by atoms with Gasteiger partial charge in [0.2, 0.25) is 0 Å². The molecule has 114 valence electrons. The van der Waals surface area contributed by atoms with Crippen LogP contribution in [0.2, 0.25) is 0 Å². The standard InChI is InChI=1S/C15H19BrFN3S/c1-3-5-13-15(21-20-19-13)14(18-8-4-2)11-9-10(16)6-7-12(11)17/h6-7,9,14,18H,3-5,8H2,1-2H3. The van der Waals surface area contributed by atoms with Gasteiger partial charge in [0.15, 0.2) is 0 Å². The summed E-state index contributed by atoms with van der Waals surface area (Å²) in [7, 11) is 0. The van der Waals surface area contributed by atoms with Gasteiger partial charge >= 0.3 is 0 Å². The molecule has 2 rings (SSSR count). The van der Waals surface area contributed by atoms with Gasteiger partial charge in [-0.1, -0.05) is 40.7 Å². The highest BCUT2D eigenvalue weighted by molar-refractivity contribution is 9.10. The average molecular weight is 372 g/mol. The van der Waals surface area contributed by atoms with Gasteiger partial charge in [0.1, 0.15) is 5.82 Å². The summed E-state index contributed by atoms with van der Waals surface area (Å²) in [4.78, 5) is 1.02. The predicted molar refractivity (Wildman–Crippen MR) is 88.1 cm³/mol. The van der Waals surface area contributed by atoms with E-state index in [-0.39, 0.29) is 11.9 Å². The maximum Gasteiger partial charge on any atom is 0.128 e. The monoisotopic (exact) mass is 371 g/mol. The van der Waals surface area contributed by atoms with Gasteiger partial charge < -0.3 is 5.32 Å². The largest absolute Gasteiger partial charge is 0.305 e. The Morgan fingerprint density at radius 1 is 1.33 bits per heavy atom. The van der Waals surface area contributed by atoms with E-state index in [1.807, 2.05) is 6.07 Å². The predicted octanol–water partition coefficient (Wildman–Crippen LogP) is 4.48. The quantitative estimate of drug-likeness (QED) is 0.779. The van der Waals surface area contributed by atoms with E-state index >= 15 is 0 Å². The SMILES string of the molecule is CCCNC(c1cc(Br)ccc1F)c1snnc1CCC. The van der Waals surface area contributed by atoms with Crippen LogP contribution in [-0.4, -0.2) is 16.1 Å². The summed E-state index contributed by atoms with van der Waals surface area (Å²) in [6.45, 7) is 5.02. The minimum atomic E-state index is -0.206. The lowest BCUT2D eigenvalue weighted by Gasteiger charge is -2.19. The van der Waals surface area contributed by atoms with Crippen molar-refractivity contribution in [2.24, 2.45) is 0 Å². The summed E-state index contributed by atoms with van der Waals surface area (Å²) in [5.74, 6) is -0.206. The van der Waals surface area contributed by atoms with Crippen LogP contribution >= 0.6 is 27.5 Å². The fraction of sp³-hybridized carbons (Fsp3) is 0.467. The first-order valence-corrected chi connectivity index (χ1v) is 8.73. The van der Waals surface area contributed by atoms with Crippen LogP contribution in [0.4, 0.5) is 4.39 Å². The van der Waals surface area contributed by atoms with E-state index in [0.717, 1.165) is 40.9 Å². The van der Waals surface area contributed by atoms with Crippen LogP contribution in [0.3, 0.4) is 0 Å². The van der Waals surface area contributed by atoms with Crippen molar-refractivity contribution in [1.82, 2.24) is 14.9 Å². The second kappa shape index (κ2) is 7.96. The molecule has 0 fully saturated rings. The number of aromatic nitrogens is 2. The lowest BCUT2D eigenvalue weighted by molar-refractivity contribution is 0.547. The van der Waals surface area contributed by atoms with E-state index in [1.165, 1.54) is 17.6 Å². The van der Waals surface area contributed by atoms with Crippen molar-refractivity contribution in [3.8, 4) is 0 Å². The van der Waals surface area contributed by atoms with Gasteiger partial charge in [0, 0.05) is 10.0 Å². The van der Waals surface area contributed by atoms with Crippen LogP contribution in [0.25, 0.3) is 0 Å². The molecule has 1 heterocycles. The van der Waals surface area contributed by atoms with Crippen molar-refractivity contribution in [3.63, 3.8) is 0 Å². The number of nitrogens with one attached hydrogen (secondary N) is 1. The number of benzene rings is 1. The summed E-state index contributed by atoms with van der Waals surface area (Å²) >= 11 is 4.77. The van der Waals surface area contributed by atoms with E-state index < -0.39 is 0 Å². The Balaban J connectivity index is 2.42. The van der Waals surface area contributed by atoms with Gasteiger partial charge in [-0.05, 0) is 49.1 Å². The normalized spacial score (nSPS) is 12.6. The summed E-state index contributed by atoms with van der Waals surface area (Å²) in [5.41, 5.74) is 1.61. The highest BCUT2D eigenvalue weighted by Crippen LogP contribution is 2.31. The van der Waals surface area contributed by atoms with Crippen molar-refractivity contribution < 1.29 is 4.39 Å². The van der Waals surface area contributed by atoms with Crippen LogP contribution < -0.4 is 5.32 Å². The number of hydrogen-bond acceptors (Lipinski definition) is 4. The average Bonchev–Trinajstić information content (AvgIpc) is 2.92. The zero-order valence-electron chi connectivity index (χ0n) is 12.2. The Hall–Kier alpha value is -0.850. The number of halogens is 2. The minimum Gasteiger partial charge on any atom is -0.305 e. The lowest BCUT2D eigenvalue weighted by Crippen LogP contribution is -2.24. The van der Waals surface area contributed by atoms with E-state index in [4.69, 9.17) is 0 Å². The number of rotatable bonds is 7. The molecule has 3 nitrogen and oxygen atoms in total. The zero-order valence-corrected chi connectivity index (χ0v) is 14.6. The highest BCUT2D eigenvalue weighted by Gasteiger charge is 2.23. The topological polar surface area (TPSA) is 37.8 Å². The molecule has 21 heavy (non-hydrogen) atoms. The van der Waals surface area contributed by atoms with E-state index in [0.29, 0.717) is 5.56 Å². The van der Waals surface area contributed by atoms with E-state index in [9.17, 15) is 4.39 Å². The molecule has 0 aliphatic heterocycles. The van der Waals surface area contributed by atoms with Crippen molar-refractivity contribution in [2.45, 2.75) is 39.2 Å². The Labute approximate surface area is 137 Å². The third-order valence-electron chi connectivity index (χ3n) is 3.20. The molecule has 0 saturated carbocycles. The Morgan fingerprint density at radius 2 is 2.14 bits per heavy atom. The van der Waals surface area contributed by atoms with E-state index in [1.54, 1.807) is 6.07 Å². The number of aryl methyl sites for hydroxylation is 1. The maximum atomic E-state index is 14.3. The fourth-order valence-corrected chi connectivity index (χ4v) is 3.38. The molecule has 1 N–H and O–H groups in total. The second-order valence-electron chi connectivity index (χ2n) is 4.89. The first kappa shape index (κ1) is 16.5. The van der Waals surface area contributed by atoms with Crippen LogP contribution in [-0.2, 0) is 6.42 Å². The molecule has 1 unspecified atom stereocenters. The fourth-order valence-electron chi connectivity index (χ4n) is 2.21. The maximum absolute atomic E-state index is 14.3. The molecule has 1 aromatic carbocycles. The molecule has 0 spiro atoms. The third kappa shape index (κ3) is 4.08. The molecule has 0 saturated heterocycles. The Morgan fingerprint density at radius 3 is 2.86 bits per heavy atom. The third-order valence-corrected chi connectivity index (χ3v) is 4.53. The molecule has 2 aromatic rings. The molecular formula is C15H19BrFN3S. The van der Waals surface area contributed by atoms with Crippen LogP contribution in [0.5, 0.6) is 0 Å². The molecule has 0 aliphatic carbocycles. The van der Waals surface area contributed by atoms with Gasteiger partial charge in [-0.2, -0.15) is 0 Å². The van der Waals surface area contributed by atoms with Crippen LogP contribution in [0.15, 0.2) is 22.7 Å². The molecular weight excluding hydrogens is 353 g/mol. The van der Waals surface area contributed by atoms with Crippen molar-refractivity contribution in [2.75, 3.05) is 6.54 Å². The first-order valence-electron chi connectivity index (χ1n) is 7.16. The molecule has 0 amide bonds. The van der Waals surface area contributed by atoms with E-state index in [2.05, 4.69) is 44.7 Å². The Kier molecular flexibility index (Phi) is 6.26. The number of nitrogens with zero attached hydrogens (tertiary/aromatic N) is 2. The van der Waals surface area contributed by atoms with Gasteiger partial charge in [-0.3, -0.25) is 0 Å².